The number of benzene rings is 1. The fourth-order valence-corrected chi connectivity index (χ4v) is 1.65. The van der Waals surface area contributed by atoms with Crippen LogP contribution in [0.15, 0.2) is 41.9 Å². The maximum Gasteiger partial charge on any atom is 0.153 e. The van der Waals surface area contributed by atoms with Gasteiger partial charge in [-0.15, -0.1) is 0 Å². The second-order valence-corrected chi connectivity index (χ2v) is 3.99. The Morgan fingerprint density at radius 3 is 2.24 bits per heavy atom. The van der Waals surface area contributed by atoms with Gasteiger partial charge < -0.3 is 9.47 Å². The second kappa shape index (κ2) is 6.91. The van der Waals surface area contributed by atoms with E-state index in [4.69, 9.17) is 9.47 Å². The molecule has 1 aromatic rings. The van der Waals surface area contributed by atoms with E-state index in [2.05, 4.69) is 29.1 Å². The number of aldehydes is 1. The molecular formula is C13H13BrO3. The molecule has 1 rings (SSSR count). The van der Waals surface area contributed by atoms with E-state index < -0.39 is 0 Å². The molecule has 0 aliphatic carbocycles. The summed E-state index contributed by atoms with van der Waals surface area (Å²) in [5, 5.41) is 0. The molecule has 0 aliphatic heterocycles. The smallest absolute Gasteiger partial charge is 0.153 e. The zero-order chi connectivity index (χ0) is 12.7. The average molecular weight is 297 g/mol. The molecule has 0 heterocycles. The van der Waals surface area contributed by atoms with Crippen molar-refractivity contribution in [3.63, 3.8) is 0 Å². The van der Waals surface area contributed by atoms with Crippen molar-refractivity contribution < 1.29 is 14.3 Å². The zero-order valence-corrected chi connectivity index (χ0v) is 10.9. The Morgan fingerprint density at radius 2 is 1.71 bits per heavy atom. The van der Waals surface area contributed by atoms with Crippen LogP contribution in [0, 0.1) is 0 Å². The van der Waals surface area contributed by atoms with Crippen LogP contribution in [-0.4, -0.2) is 19.5 Å². The molecular weight excluding hydrogens is 284 g/mol. The van der Waals surface area contributed by atoms with Gasteiger partial charge in [0, 0.05) is 6.07 Å². The summed E-state index contributed by atoms with van der Waals surface area (Å²) in [6.45, 7) is 7.85. The van der Waals surface area contributed by atoms with E-state index in [0.717, 1.165) is 6.29 Å². The fourth-order valence-electron chi connectivity index (χ4n) is 1.18. The molecule has 0 amide bonds. The van der Waals surface area contributed by atoms with Gasteiger partial charge in [0.25, 0.3) is 0 Å². The highest BCUT2D eigenvalue weighted by Gasteiger charge is 2.09. The zero-order valence-electron chi connectivity index (χ0n) is 9.32. The summed E-state index contributed by atoms with van der Waals surface area (Å²) in [5.74, 6) is 1.08. The number of carbonyl (C=O) groups excluding carboxylic acids is 1. The van der Waals surface area contributed by atoms with Gasteiger partial charge in [-0.1, -0.05) is 25.3 Å². The molecule has 0 fully saturated rings. The van der Waals surface area contributed by atoms with Crippen LogP contribution in [0.3, 0.4) is 0 Å². The molecule has 0 N–H and O–H groups in total. The summed E-state index contributed by atoms with van der Waals surface area (Å²) >= 11 is 3.33. The third-order valence-electron chi connectivity index (χ3n) is 1.90. The van der Waals surface area contributed by atoms with E-state index in [1.165, 1.54) is 0 Å². The Kier molecular flexibility index (Phi) is 5.49. The number of hydrogen-bond acceptors (Lipinski definition) is 3. The maximum atomic E-state index is 10.9. The van der Waals surface area contributed by atoms with Crippen molar-refractivity contribution in [1.82, 2.24) is 0 Å². The van der Waals surface area contributed by atoms with Crippen LogP contribution in [0.1, 0.15) is 10.4 Å². The highest BCUT2D eigenvalue weighted by Crippen LogP contribution is 2.32. The quantitative estimate of drug-likeness (QED) is 0.571. The summed E-state index contributed by atoms with van der Waals surface area (Å²) in [7, 11) is 0. The molecule has 0 aliphatic rings. The van der Waals surface area contributed by atoms with Crippen LogP contribution >= 0.6 is 15.9 Å². The first-order valence-electron chi connectivity index (χ1n) is 4.99. The molecule has 90 valence electrons. The van der Waals surface area contributed by atoms with Crippen molar-refractivity contribution in [3.05, 3.63) is 47.5 Å². The Bertz CT molecular complexity index is 427. The SMILES string of the molecule is C=CCOc1cc(OCC=C)c(C=O)cc1Br. The van der Waals surface area contributed by atoms with E-state index in [0.29, 0.717) is 34.7 Å². The maximum absolute atomic E-state index is 10.9. The lowest BCUT2D eigenvalue weighted by Gasteiger charge is -2.11. The van der Waals surface area contributed by atoms with Gasteiger partial charge in [-0.2, -0.15) is 0 Å². The Morgan fingerprint density at radius 1 is 1.12 bits per heavy atom. The lowest BCUT2D eigenvalue weighted by Crippen LogP contribution is -2.00. The molecule has 0 saturated carbocycles. The summed E-state index contributed by atoms with van der Waals surface area (Å²) < 4.78 is 11.5. The molecule has 1 aromatic carbocycles. The topological polar surface area (TPSA) is 35.5 Å². The van der Waals surface area contributed by atoms with E-state index in [-0.39, 0.29) is 0 Å². The van der Waals surface area contributed by atoms with Crippen LogP contribution in [0.4, 0.5) is 0 Å². The van der Waals surface area contributed by atoms with Crippen LogP contribution < -0.4 is 9.47 Å². The standard InChI is InChI=1S/C13H13BrO3/c1-3-5-16-12-8-13(17-6-4-2)11(14)7-10(12)9-15/h3-4,7-9H,1-2,5-6H2. The molecule has 0 bridgehead atoms. The summed E-state index contributed by atoms with van der Waals surface area (Å²) in [6.07, 6.45) is 3.99. The predicted molar refractivity (Wildman–Crippen MR) is 70.9 cm³/mol. The molecule has 0 saturated heterocycles. The number of hydrogen-bond donors (Lipinski definition) is 0. The molecule has 0 aromatic heterocycles. The highest BCUT2D eigenvalue weighted by atomic mass is 79.9. The molecule has 0 unspecified atom stereocenters. The van der Waals surface area contributed by atoms with Crippen molar-refractivity contribution in [2.75, 3.05) is 13.2 Å². The van der Waals surface area contributed by atoms with Gasteiger partial charge in [0.05, 0.1) is 10.0 Å². The third-order valence-corrected chi connectivity index (χ3v) is 2.52. The molecule has 4 heteroatoms. The molecule has 3 nitrogen and oxygen atoms in total. The lowest BCUT2D eigenvalue weighted by molar-refractivity contribution is 0.112. The molecule has 17 heavy (non-hydrogen) atoms. The molecule has 0 radical (unpaired) electrons. The van der Waals surface area contributed by atoms with Gasteiger partial charge in [0.15, 0.2) is 6.29 Å². The van der Waals surface area contributed by atoms with Crippen molar-refractivity contribution in [1.29, 1.82) is 0 Å². The van der Waals surface area contributed by atoms with Crippen LogP contribution in [0.25, 0.3) is 0 Å². The highest BCUT2D eigenvalue weighted by molar-refractivity contribution is 9.10. The van der Waals surface area contributed by atoms with Crippen molar-refractivity contribution >= 4 is 22.2 Å². The third kappa shape index (κ3) is 3.75. The lowest BCUT2D eigenvalue weighted by atomic mass is 10.2. The normalized spacial score (nSPS) is 9.47. The monoisotopic (exact) mass is 296 g/mol. The summed E-state index contributed by atoms with van der Waals surface area (Å²) in [6, 6.07) is 3.32. The first kappa shape index (κ1) is 13.5. The van der Waals surface area contributed by atoms with Crippen LogP contribution in [0.5, 0.6) is 11.5 Å². The Hall–Kier alpha value is -1.55. The minimum atomic E-state index is 0.337. The van der Waals surface area contributed by atoms with Gasteiger partial charge in [-0.05, 0) is 22.0 Å². The van der Waals surface area contributed by atoms with Gasteiger partial charge in [0.2, 0.25) is 0 Å². The van der Waals surface area contributed by atoms with E-state index in [1.54, 1.807) is 24.3 Å². The first-order valence-corrected chi connectivity index (χ1v) is 5.78. The van der Waals surface area contributed by atoms with E-state index in [1.807, 2.05) is 0 Å². The average Bonchev–Trinajstić information content (AvgIpc) is 2.35. The summed E-state index contributed by atoms with van der Waals surface area (Å²) in [4.78, 5) is 10.9. The molecule has 0 spiro atoms. The Balaban J connectivity index is 3.02. The van der Waals surface area contributed by atoms with E-state index >= 15 is 0 Å². The van der Waals surface area contributed by atoms with Gasteiger partial charge in [0.1, 0.15) is 24.7 Å². The number of ether oxygens (including phenoxy) is 2. The summed E-state index contributed by atoms with van der Waals surface area (Å²) in [5.41, 5.74) is 0.463. The predicted octanol–water partition coefficient (Wildman–Crippen LogP) is 3.39. The first-order chi connectivity index (χ1) is 8.22. The van der Waals surface area contributed by atoms with E-state index in [9.17, 15) is 4.79 Å². The van der Waals surface area contributed by atoms with Gasteiger partial charge in [-0.3, -0.25) is 4.79 Å². The molecule has 0 atom stereocenters. The fraction of sp³-hybridized carbons (Fsp3) is 0.154. The van der Waals surface area contributed by atoms with Gasteiger partial charge in [-0.25, -0.2) is 0 Å². The number of halogens is 1. The second-order valence-electron chi connectivity index (χ2n) is 3.14. The van der Waals surface area contributed by atoms with Crippen molar-refractivity contribution in [2.45, 2.75) is 0 Å². The Labute approximate surface area is 109 Å². The minimum Gasteiger partial charge on any atom is -0.489 e. The van der Waals surface area contributed by atoms with Crippen molar-refractivity contribution in [3.8, 4) is 11.5 Å². The van der Waals surface area contributed by atoms with Crippen LogP contribution in [-0.2, 0) is 0 Å². The van der Waals surface area contributed by atoms with Crippen LogP contribution in [0.2, 0.25) is 0 Å². The van der Waals surface area contributed by atoms with Gasteiger partial charge >= 0.3 is 0 Å². The number of carbonyl (C=O) groups is 1. The minimum absolute atomic E-state index is 0.337. The largest absolute Gasteiger partial charge is 0.489 e. The number of rotatable bonds is 7. The van der Waals surface area contributed by atoms with Crippen molar-refractivity contribution in [2.24, 2.45) is 0 Å².